The van der Waals surface area contributed by atoms with Crippen LogP contribution in [0.4, 0.5) is 26.4 Å². The van der Waals surface area contributed by atoms with Crippen LogP contribution in [0.3, 0.4) is 0 Å². The fourth-order valence-electron chi connectivity index (χ4n) is 1.66. The van der Waals surface area contributed by atoms with E-state index in [0.29, 0.717) is 17.2 Å². The van der Waals surface area contributed by atoms with Crippen molar-refractivity contribution < 1.29 is 13.9 Å². The van der Waals surface area contributed by atoms with E-state index in [2.05, 4.69) is 15.6 Å². The number of aromatic nitrogens is 1. The van der Waals surface area contributed by atoms with Crippen molar-refractivity contribution in [1.29, 1.82) is 0 Å². The number of carbonyl (C=O) groups excluding carboxylic acids is 1. The van der Waals surface area contributed by atoms with Crippen LogP contribution >= 0.6 is 0 Å². The van der Waals surface area contributed by atoms with Gasteiger partial charge in [-0.25, -0.2) is 14.2 Å². The molecule has 6 heteroatoms. The minimum absolute atomic E-state index is 0.336. The van der Waals surface area contributed by atoms with Crippen molar-refractivity contribution >= 4 is 23.3 Å². The van der Waals surface area contributed by atoms with Gasteiger partial charge in [0.15, 0.2) is 0 Å². The van der Waals surface area contributed by atoms with Gasteiger partial charge in [-0.1, -0.05) is 12.1 Å². The molecule has 0 radical (unpaired) electrons. The van der Waals surface area contributed by atoms with Crippen molar-refractivity contribution in [3.63, 3.8) is 0 Å². The summed E-state index contributed by atoms with van der Waals surface area (Å²) in [5.74, 6) is 0.111. The molecule has 0 saturated carbocycles. The second-order valence-electron chi connectivity index (χ2n) is 5.66. The minimum Gasteiger partial charge on any atom is -0.444 e. The number of carbonyl (C=O) groups is 1. The highest BCUT2D eigenvalue weighted by molar-refractivity contribution is 5.84. The summed E-state index contributed by atoms with van der Waals surface area (Å²) in [6.07, 6.45) is 0.914. The second kappa shape index (κ2) is 6.43. The molecule has 1 heterocycles. The number of pyridine rings is 1. The smallest absolute Gasteiger partial charge is 0.412 e. The van der Waals surface area contributed by atoms with Crippen LogP contribution in [0.15, 0.2) is 42.6 Å². The van der Waals surface area contributed by atoms with Crippen LogP contribution < -0.4 is 10.6 Å². The fraction of sp³-hybridized carbons (Fsp3) is 0.250. The number of nitrogens with zero attached hydrogens (tertiary/aromatic N) is 1. The normalized spacial score (nSPS) is 10.9. The number of rotatable bonds is 3. The lowest BCUT2D eigenvalue weighted by Gasteiger charge is -2.19. The van der Waals surface area contributed by atoms with Gasteiger partial charge in [0.25, 0.3) is 0 Å². The number of hydrogen-bond donors (Lipinski definition) is 2. The summed E-state index contributed by atoms with van der Waals surface area (Å²) >= 11 is 0. The molecule has 0 spiro atoms. The first-order valence-corrected chi connectivity index (χ1v) is 6.81. The van der Waals surface area contributed by atoms with Crippen LogP contribution in [0.1, 0.15) is 20.8 Å². The Labute approximate surface area is 128 Å². The maximum Gasteiger partial charge on any atom is 0.412 e. The summed E-state index contributed by atoms with van der Waals surface area (Å²) < 4.78 is 18.7. The standard InChI is InChI=1S/C16H18FN3O2/c1-16(2,3)22-15(21)19-11-8-9-14(18-10-11)20-13-7-5-4-6-12(13)17/h4-10H,1-3H3,(H,18,20)(H,19,21). The second-order valence-corrected chi connectivity index (χ2v) is 5.66. The van der Waals surface area contributed by atoms with Gasteiger partial charge in [-0.3, -0.25) is 5.32 Å². The molecule has 2 aromatic rings. The number of nitrogens with one attached hydrogen (secondary N) is 2. The summed E-state index contributed by atoms with van der Waals surface area (Å²) in [6.45, 7) is 5.35. The molecule has 0 fully saturated rings. The predicted molar refractivity (Wildman–Crippen MR) is 83.8 cm³/mol. The topological polar surface area (TPSA) is 63.2 Å². The van der Waals surface area contributed by atoms with Gasteiger partial charge in [-0.05, 0) is 45.0 Å². The third-order valence-corrected chi connectivity index (χ3v) is 2.55. The number of benzene rings is 1. The van der Waals surface area contributed by atoms with Gasteiger partial charge in [0.05, 0.1) is 17.6 Å². The van der Waals surface area contributed by atoms with E-state index in [9.17, 15) is 9.18 Å². The number of hydrogen-bond acceptors (Lipinski definition) is 4. The Morgan fingerprint density at radius 1 is 1.18 bits per heavy atom. The third kappa shape index (κ3) is 4.73. The summed E-state index contributed by atoms with van der Waals surface area (Å²) in [7, 11) is 0. The van der Waals surface area contributed by atoms with Gasteiger partial charge in [0.2, 0.25) is 0 Å². The van der Waals surface area contributed by atoms with Crippen molar-refractivity contribution in [3.05, 3.63) is 48.4 Å². The van der Waals surface area contributed by atoms with Crippen LogP contribution in [0, 0.1) is 5.82 Å². The molecular weight excluding hydrogens is 285 g/mol. The fourth-order valence-corrected chi connectivity index (χ4v) is 1.66. The molecule has 116 valence electrons. The van der Waals surface area contributed by atoms with Gasteiger partial charge in [0.1, 0.15) is 17.2 Å². The largest absolute Gasteiger partial charge is 0.444 e. The molecule has 1 aromatic heterocycles. The molecule has 0 aliphatic rings. The Morgan fingerprint density at radius 3 is 2.50 bits per heavy atom. The van der Waals surface area contributed by atoms with E-state index in [1.807, 2.05) is 0 Å². The van der Waals surface area contributed by atoms with Gasteiger partial charge < -0.3 is 10.1 Å². The monoisotopic (exact) mass is 303 g/mol. The molecule has 0 bridgehead atoms. The third-order valence-electron chi connectivity index (χ3n) is 2.55. The zero-order valence-corrected chi connectivity index (χ0v) is 12.7. The van der Waals surface area contributed by atoms with Gasteiger partial charge in [0, 0.05) is 0 Å². The highest BCUT2D eigenvalue weighted by Crippen LogP contribution is 2.19. The summed E-state index contributed by atoms with van der Waals surface area (Å²) in [6, 6.07) is 9.61. The zero-order chi connectivity index (χ0) is 16.2. The average Bonchev–Trinajstić information content (AvgIpc) is 2.41. The molecular formula is C16H18FN3O2. The Morgan fingerprint density at radius 2 is 1.91 bits per heavy atom. The lowest BCUT2D eigenvalue weighted by Crippen LogP contribution is -2.27. The molecule has 2 N–H and O–H groups in total. The summed E-state index contributed by atoms with van der Waals surface area (Å²) in [5.41, 5.74) is 0.264. The highest BCUT2D eigenvalue weighted by atomic mass is 19.1. The van der Waals surface area contributed by atoms with Gasteiger partial charge in [-0.15, -0.1) is 0 Å². The molecule has 0 saturated heterocycles. The first-order valence-electron chi connectivity index (χ1n) is 6.81. The van der Waals surface area contributed by atoms with Crippen molar-refractivity contribution in [1.82, 2.24) is 4.98 Å². The molecule has 5 nitrogen and oxygen atoms in total. The Kier molecular flexibility index (Phi) is 4.60. The van der Waals surface area contributed by atoms with Crippen molar-refractivity contribution in [3.8, 4) is 0 Å². The lowest BCUT2D eigenvalue weighted by atomic mass is 10.2. The maximum absolute atomic E-state index is 13.5. The molecule has 0 atom stereocenters. The Balaban J connectivity index is 1.99. The minimum atomic E-state index is -0.566. The summed E-state index contributed by atoms with van der Waals surface area (Å²) in [4.78, 5) is 15.7. The van der Waals surface area contributed by atoms with Crippen LogP contribution in [0.2, 0.25) is 0 Å². The molecule has 0 aliphatic heterocycles. The van der Waals surface area contributed by atoms with Crippen LogP contribution in [-0.4, -0.2) is 16.7 Å². The quantitative estimate of drug-likeness (QED) is 0.886. The van der Waals surface area contributed by atoms with Crippen molar-refractivity contribution in [2.75, 3.05) is 10.6 Å². The van der Waals surface area contributed by atoms with E-state index < -0.39 is 11.7 Å². The molecule has 22 heavy (non-hydrogen) atoms. The molecule has 0 aliphatic carbocycles. The molecule has 0 unspecified atom stereocenters. The number of para-hydroxylation sites is 1. The summed E-state index contributed by atoms with van der Waals surface area (Å²) in [5, 5.41) is 5.44. The molecule has 1 aromatic carbocycles. The van der Waals surface area contributed by atoms with E-state index in [1.165, 1.54) is 12.3 Å². The zero-order valence-electron chi connectivity index (χ0n) is 12.7. The van der Waals surface area contributed by atoms with E-state index >= 15 is 0 Å². The van der Waals surface area contributed by atoms with E-state index in [4.69, 9.17) is 4.74 Å². The predicted octanol–water partition coefficient (Wildman–Crippen LogP) is 4.31. The van der Waals surface area contributed by atoms with Crippen LogP contribution in [0.25, 0.3) is 0 Å². The number of anilines is 3. The van der Waals surface area contributed by atoms with Gasteiger partial charge >= 0.3 is 6.09 Å². The van der Waals surface area contributed by atoms with Gasteiger partial charge in [-0.2, -0.15) is 0 Å². The maximum atomic E-state index is 13.5. The Hall–Kier alpha value is -2.63. The van der Waals surface area contributed by atoms with Crippen LogP contribution in [0.5, 0.6) is 0 Å². The SMILES string of the molecule is CC(C)(C)OC(=O)Nc1ccc(Nc2ccccc2F)nc1. The lowest BCUT2D eigenvalue weighted by molar-refractivity contribution is 0.0636. The molecule has 1 amide bonds. The average molecular weight is 303 g/mol. The van der Waals surface area contributed by atoms with Crippen molar-refractivity contribution in [2.24, 2.45) is 0 Å². The number of amides is 1. The van der Waals surface area contributed by atoms with E-state index in [0.717, 1.165) is 0 Å². The van der Waals surface area contributed by atoms with E-state index in [-0.39, 0.29) is 5.82 Å². The number of halogens is 1. The van der Waals surface area contributed by atoms with Crippen LogP contribution in [-0.2, 0) is 4.74 Å². The molecule has 2 rings (SSSR count). The first kappa shape index (κ1) is 15.8. The van der Waals surface area contributed by atoms with E-state index in [1.54, 1.807) is 51.1 Å². The Bertz CT molecular complexity index is 651. The highest BCUT2D eigenvalue weighted by Gasteiger charge is 2.16. The first-order chi connectivity index (χ1) is 10.3. The van der Waals surface area contributed by atoms with Crippen molar-refractivity contribution in [2.45, 2.75) is 26.4 Å². The number of ether oxygens (including phenoxy) is 1.